The summed E-state index contributed by atoms with van der Waals surface area (Å²) >= 11 is 0. The predicted molar refractivity (Wildman–Crippen MR) is 72.8 cm³/mol. The van der Waals surface area contributed by atoms with Crippen molar-refractivity contribution in [1.29, 1.82) is 0 Å². The summed E-state index contributed by atoms with van der Waals surface area (Å²) in [5, 5.41) is 3.33. The quantitative estimate of drug-likeness (QED) is 0.787. The molecule has 0 saturated heterocycles. The predicted octanol–water partition coefficient (Wildman–Crippen LogP) is 2.77. The second-order valence-electron chi connectivity index (χ2n) is 4.16. The highest BCUT2D eigenvalue weighted by molar-refractivity contribution is 5.48. The van der Waals surface area contributed by atoms with Crippen LogP contribution < -0.4 is 11.1 Å². The first-order chi connectivity index (χ1) is 8.31. The molecule has 0 bridgehead atoms. The highest BCUT2D eigenvalue weighted by Crippen LogP contribution is 2.23. The van der Waals surface area contributed by atoms with Crippen LogP contribution in [0.1, 0.15) is 17.2 Å². The standard InChI is InChI=1S/C15H18N2/c1-17-15(11-12-7-3-2-4-8-12)13-9-5-6-10-14(13)16/h2-10,15,17H,11,16H2,1H3. The van der Waals surface area contributed by atoms with Gasteiger partial charge in [-0.3, -0.25) is 0 Å². The number of nitrogens with two attached hydrogens (primary N) is 1. The molecule has 0 aliphatic heterocycles. The number of nitrogen functional groups attached to an aromatic ring is 1. The molecule has 0 aliphatic rings. The summed E-state index contributed by atoms with van der Waals surface area (Å²) < 4.78 is 0. The van der Waals surface area contributed by atoms with Crippen molar-refractivity contribution in [3.8, 4) is 0 Å². The summed E-state index contributed by atoms with van der Waals surface area (Å²) in [5.74, 6) is 0. The Hall–Kier alpha value is -1.80. The first-order valence-corrected chi connectivity index (χ1v) is 5.87. The van der Waals surface area contributed by atoms with Crippen LogP contribution in [0.15, 0.2) is 54.6 Å². The number of rotatable bonds is 4. The molecule has 0 fully saturated rings. The molecule has 0 amide bonds. The molecule has 2 nitrogen and oxygen atoms in total. The van der Waals surface area contributed by atoms with Crippen LogP contribution in [0, 0.1) is 0 Å². The Balaban J connectivity index is 2.21. The van der Waals surface area contributed by atoms with E-state index in [1.165, 1.54) is 11.1 Å². The van der Waals surface area contributed by atoms with Gasteiger partial charge >= 0.3 is 0 Å². The largest absolute Gasteiger partial charge is 0.398 e. The van der Waals surface area contributed by atoms with Crippen LogP contribution in [0.5, 0.6) is 0 Å². The van der Waals surface area contributed by atoms with E-state index in [1.54, 1.807) is 0 Å². The van der Waals surface area contributed by atoms with Crippen LogP contribution in [0.2, 0.25) is 0 Å². The molecule has 0 saturated carbocycles. The Labute approximate surface area is 102 Å². The van der Waals surface area contributed by atoms with Gasteiger partial charge < -0.3 is 11.1 Å². The van der Waals surface area contributed by atoms with Gasteiger partial charge in [-0.25, -0.2) is 0 Å². The number of nitrogens with one attached hydrogen (secondary N) is 1. The Morgan fingerprint density at radius 1 is 1.00 bits per heavy atom. The third-order valence-electron chi connectivity index (χ3n) is 3.00. The Morgan fingerprint density at radius 2 is 1.65 bits per heavy atom. The molecule has 1 unspecified atom stereocenters. The topological polar surface area (TPSA) is 38.0 Å². The van der Waals surface area contributed by atoms with E-state index in [0.29, 0.717) is 0 Å². The molecule has 3 N–H and O–H groups in total. The lowest BCUT2D eigenvalue weighted by molar-refractivity contribution is 0.594. The Kier molecular flexibility index (Phi) is 3.78. The van der Waals surface area contributed by atoms with E-state index in [4.69, 9.17) is 5.73 Å². The Morgan fingerprint density at radius 3 is 2.29 bits per heavy atom. The maximum atomic E-state index is 6.01. The van der Waals surface area contributed by atoms with E-state index in [1.807, 2.05) is 31.3 Å². The van der Waals surface area contributed by atoms with Crippen LogP contribution >= 0.6 is 0 Å². The highest BCUT2D eigenvalue weighted by atomic mass is 14.9. The highest BCUT2D eigenvalue weighted by Gasteiger charge is 2.12. The molecule has 2 heteroatoms. The zero-order chi connectivity index (χ0) is 12.1. The van der Waals surface area contributed by atoms with Crippen molar-refractivity contribution in [2.75, 3.05) is 12.8 Å². The normalized spacial score (nSPS) is 12.3. The molecule has 0 heterocycles. The lowest BCUT2D eigenvalue weighted by Gasteiger charge is -2.18. The van der Waals surface area contributed by atoms with Crippen molar-refractivity contribution in [3.63, 3.8) is 0 Å². The van der Waals surface area contributed by atoms with E-state index in [2.05, 4.69) is 35.6 Å². The zero-order valence-corrected chi connectivity index (χ0v) is 10.1. The number of likely N-dealkylation sites (N-methyl/N-ethyl adjacent to an activating group) is 1. The lowest BCUT2D eigenvalue weighted by atomic mass is 9.98. The molecule has 17 heavy (non-hydrogen) atoms. The van der Waals surface area contributed by atoms with E-state index >= 15 is 0 Å². The molecule has 1 atom stereocenters. The smallest absolute Gasteiger partial charge is 0.0378 e. The van der Waals surface area contributed by atoms with Crippen LogP contribution in [0.4, 0.5) is 5.69 Å². The van der Waals surface area contributed by atoms with Gasteiger partial charge in [0.25, 0.3) is 0 Å². The van der Waals surface area contributed by atoms with Crippen LogP contribution in [-0.2, 0) is 6.42 Å². The van der Waals surface area contributed by atoms with Crippen molar-refractivity contribution >= 4 is 5.69 Å². The third kappa shape index (κ3) is 2.86. The molecular weight excluding hydrogens is 208 g/mol. The number of anilines is 1. The van der Waals surface area contributed by atoms with E-state index in [-0.39, 0.29) is 6.04 Å². The molecule has 0 aliphatic carbocycles. The van der Waals surface area contributed by atoms with Crippen molar-refractivity contribution in [1.82, 2.24) is 5.32 Å². The first-order valence-electron chi connectivity index (χ1n) is 5.87. The Bertz CT molecular complexity index is 465. The van der Waals surface area contributed by atoms with Gasteiger partial charge in [0.2, 0.25) is 0 Å². The summed E-state index contributed by atoms with van der Waals surface area (Å²) in [7, 11) is 1.97. The van der Waals surface area contributed by atoms with Gasteiger partial charge in [-0.15, -0.1) is 0 Å². The van der Waals surface area contributed by atoms with Gasteiger partial charge in [0, 0.05) is 11.7 Å². The van der Waals surface area contributed by atoms with Crippen molar-refractivity contribution in [2.45, 2.75) is 12.5 Å². The number of benzene rings is 2. The minimum Gasteiger partial charge on any atom is -0.398 e. The summed E-state index contributed by atoms with van der Waals surface area (Å²) in [6, 6.07) is 18.7. The fraction of sp³-hybridized carbons (Fsp3) is 0.200. The molecule has 88 valence electrons. The summed E-state index contributed by atoms with van der Waals surface area (Å²) in [5.41, 5.74) is 9.34. The third-order valence-corrected chi connectivity index (χ3v) is 3.00. The molecular formula is C15H18N2. The van der Waals surface area contributed by atoms with Gasteiger partial charge in [0.15, 0.2) is 0 Å². The second-order valence-corrected chi connectivity index (χ2v) is 4.16. The van der Waals surface area contributed by atoms with Crippen molar-refractivity contribution < 1.29 is 0 Å². The minimum atomic E-state index is 0.263. The molecule has 0 radical (unpaired) electrons. The zero-order valence-electron chi connectivity index (χ0n) is 10.1. The monoisotopic (exact) mass is 226 g/mol. The van der Waals surface area contributed by atoms with Crippen molar-refractivity contribution in [3.05, 3.63) is 65.7 Å². The van der Waals surface area contributed by atoms with Crippen LogP contribution in [0.3, 0.4) is 0 Å². The SMILES string of the molecule is CNC(Cc1ccccc1)c1ccccc1N. The molecule has 0 aromatic heterocycles. The minimum absolute atomic E-state index is 0.263. The van der Waals surface area contributed by atoms with E-state index in [9.17, 15) is 0 Å². The van der Waals surface area contributed by atoms with Gasteiger partial charge in [0.1, 0.15) is 0 Å². The lowest BCUT2D eigenvalue weighted by Crippen LogP contribution is -2.20. The van der Waals surface area contributed by atoms with Crippen molar-refractivity contribution in [2.24, 2.45) is 0 Å². The van der Waals surface area contributed by atoms with Crippen LogP contribution in [-0.4, -0.2) is 7.05 Å². The summed E-state index contributed by atoms with van der Waals surface area (Å²) in [4.78, 5) is 0. The number of hydrogen-bond acceptors (Lipinski definition) is 2. The molecule has 2 aromatic carbocycles. The van der Waals surface area contributed by atoms with Gasteiger partial charge in [-0.2, -0.15) is 0 Å². The van der Waals surface area contributed by atoms with E-state index < -0.39 is 0 Å². The van der Waals surface area contributed by atoms with Crippen LogP contribution in [0.25, 0.3) is 0 Å². The molecule has 2 aromatic rings. The maximum Gasteiger partial charge on any atom is 0.0378 e. The summed E-state index contributed by atoms with van der Waals surface area (Å²) in [6.45, 7) is 0. The second kappa shape index (κ2) is 5.51. The van der Waals surface area contributed by atoms with E-state index in [0.717, 1.165) is 12.1 Å². The fourth-order valence-corrected chi connectivity index (χ4v) is 2.05. The van der Waals surface area contributed by atoms with Gasteiger partial charge in [-0.05, 0) is 30.7 Å². The molecule has 0 spiro atoms. The first kappa shape index (κ1) is 11.7. The molecule has 2 rings (SSSR count). The van der Waals surface area contributed by atoms with Gasteiger partial charge in [-0.1, -0.05) is 48.5 Å². The number of hydrogen-bond donors (Lipinski definition) is 2. The summed E-state index contributed by atoms with van der Waals surface area (Å²) in [6.07, 6.45) is 0.950. The fourth-order valence-electron chi connectivity index (χ4n) is 2.05. The average molecular weight is 226 g/mol. The van der Waals surface area contributed by atoms with Gasteiger partial charge in [0.05, 0.1) is 0 Å². The number of para-hydroxylation sites is 1. The average Bonchev–Trinajstić information content (AvgIpc) is 2.38. The maximum absolute atomic E-state index is 6.01.